The smallest absolute Gasteiger partial charge is 0.282 e. The minimum atomic E-state index is -0.297. The molecule has 1 fully saturated rings. The number of nitrogens with zero attached hydrogens (tertiary/aromatic N) is 3. The first kappa shape index (κ1) is 19.7. The molecule has 0 radical (unpaired) electrons. The predicted octanol–water partition coefficient (Wildman–Crippen LogP) is 3.57. The third-order valence-corrected chi connectivity index (χ3v) is 5.84. The van der Waals surface area contributed by atoms with Crippen LogP contribution in [0.2, 0.25) is 5.02 Å². The molecule has 2 amide bonds. The van der Waals surface area contributed by atoms with Gasteiger partial charge in [0.2, 0.25) is 0 Å². The zero-order valence-electron chi connectivity index (χ0n) is 16.7. The van der Waals surface area contributed by atoms with Crippen LogP contribution in [0.1, 0.15) is 18.1 Å². The molecule has 2 aliphatic rings. The van der Waals surface area contributed by atoms with Gasteiger partial charge in [0.25, 0.3) is 11.8 Å². The summed E-state index contributed by atoms with van der Waals surface area (Å²) in [5, 5.41) is 0.491. The average molecular weight is 410 g/mol. The van der Waals surface area contributed by atoms with Gasteiger partial charge in [-0.05, 0) is 37.2 Å². The largest absolute Gasteiger partial charge is 0.364 e. The zero-order chi connectivity index (χ0) is 20.5. The number of likely N-dealkylation sites (N-methyl/N-ethyl adjacent to an activating group) is 1. The summed E-state index contributed by atoms with van der Waals surface area (Å²) in [6.07, 6.45) is 0. The van der Waals surface area contributed by atoms with Crippen LogP contribution in [-0.2, 0) is 9.59 Å². The highest BCUT2D eigenvalue weighted by Gasteiger charge is 2.43. The Morgan fingerprint density at radius 3 is 2.24 bits per heavy atom. The molecule has 0 N–H and O–H groups in total. The molecule has 0 spiro atoms. The first-order chi connectivity index (χ1) is 14.0. The van der Waals surface area contributed by atoms with Crippen molar-refractivity contribution in [2.45, 2.75) is 13.8 Å². The van der Waals surface area contributed by atoms with Crippen molar-refractivity contribution >= 4 is 34.7 Å². The maximum absolute atomic E-state index is 13.5. The Labute approximate surface area is 176 Å². The molecule has 4 rings (SSSR count). The molecule has 5 nitrogen and oxygen atoms in total. The Morgan fingerprint density at radius 1 is 0.931 bits per heavy atom. The molecule has 150 valence electrons. The van der Waals surface area contributed by atoms with E-state index in [0.29, 0.717) is 22.0 Å². The quantitative estimate of drug-likeness (QED) is 0.724. The van der Waals surface area contributed by atoms with E-state index >= 15 is 0 Å². The number of imide groups is 1. The van der Waals surface area contributed by atoms with Gasteiger partial charge >= 0.3 is 0 Å². The van der Waals surface area contributed by atoms with Crippen LogP contribution in [0.15, 0.2) is 54.2 Å². The van der Waals surface area contributed by atoms with Crippen LogP contribution < -0.4 is 4.90 Å². The second kappa shape index (κ2) is 8.01. The van der Waals surface area contributed by atoms with E-state index in [0.717, 1.165) is 43.9 Å². The van der Waals surface area contributed by atoms with Gasteiger partial charge in [0, 0.05) is 31.2 Å². The van der Waals surface area contributed by atoms with Gasteiger partial charge in [0.1, 0.15) is 5.70 Å². The summed E-state index contributed by atoms with van der Waals surface area (Å²) in [7, 11) is 0. The van der Waals surface area contributed by atoms with Gasteiger partial charge in [-0.2, -0.15) is 0 Å². The first-order valence-electron chi connectivity index (χ1n) is 9.92. The lowest BCUT2D eigenvalue weighted by Crippen LogP contribution is -2.47. The molecule has 2 aromatic rings. The number of amides is 2. The number of carbonyl (C=O) groups excluding carboxylic acids is 2. The number of aryl methyl sites for hydroxylation is 1. The van der Waals surface area contributed by atoms with Crippen molar-refractivity contribution in [2.75, 3.05) is 37.6 Å². The van der Waals surface area contributed by atoms with Gasteiger partial charge in [-0.1, -0.05) is 54.4 Å². The zero-order valence-corrected chi connectivity index (χ0v) is 17.4. The third-order valence-electron chi connectivity index (χ3n) is 5.60. The van der Waals surface area contributed by atoms with Gasteiger partial charge < -0.3 is 9.80 Å². The molecule has 2 aliphatic heterocycles. The van der Waals surface area contributed by atoms with Crippen molar-refractivity contribution in [3.63, 3.8) is 0 Å². The number of anilines is 1. The Morgan fingerprint density at radius 2 is 1.62 bits per heavy atom. The van der Waals surface area contributed by atoms with Crippen LogP contribution in [0, 0.1) is 6.92 Å². The lowest BCUT2D eigenvalue weighted by molar-refractivity contribution is -0.120. The van der Waals surface area contributed by atoms with Gasteiger partial charge in [0.15, 0.2) is 0 Å². The second-order valence-electron chi connectivity index (χ2n) is 7.44. The van der Waals surface area contributed by atoms with Crippen molar-refractivity contribution < 1.29 is 9.59 Å². The van der Waals surface area contributed by atoms with E-state index in [9.17, 15) is 9.59 Å². The standard InChI is InChI=1S/C23H24ClN3O2/c1-3-25-11-13-26(14-12-25)21-20(17-9-7-16(2)8-10-17)22(28)27(23(21)29)19-6-4-5-18(24)15-19/h4-10,15H,3,11-14H2,1-2H3. The molecular weight excluding hydrogens is 386 g/mol. The van der Waals surface area contributed by atoms with Crippen molar-refractivity contribution in [2.24, 2.45) is 0 Å². The Bertz CT molecular complexity index is 976. The van der Waals surface area contributed by atoms with Crippen molar-refractivity contribution in [3.8, 4) is 0 Å². The van der Waals surface area contributed by atoms with Gasteiger partial charge in [-0.25, -0.2) is 4.90 Å². The molecule has 2 heterocycles. The Balaban J connectivity index is 1.78. The highest BCUT2D eigenvalue weighted by molar-refractivity contribution is 6.45. The minimum Gasteiger partial charge on any atom is -0.364 e. The van der Waals surface area contributed by atoms with E-state index in [2.05, 4.69) is 16.7 Å². The maximum Gasteiger partial charge on any atom is 0.282 e. The Kier molecular flexibility index (Phi) is 5.43. The third kappa shape index (κ3) is 3.68. The fourth-order valence-corrected chi connectivity index (χ4v) is 4.11. The summed E-state index contributed by atoms with van der Waals surface area (Å²) in [4.78, 5) is 32.6. The van der Waals surface area contributed by atoms with E-state index in [-0.39, 0.29) is 11.8 Å². The predicted molar refractivity (Wildman–Crippen MR) is 116 cm³/mol. The van der Waals surface area contributed by atoms with Crippen molar-refractivity contribution in [1.82, 2.24) is 9.80 Å². The van der Waals surface area contributed by atoms with Crippen LogP contribution in [-0.4, -0.2) is 54.3 Å². The summed E-state index contributed by atoms with van der Waals surface area (Å²) in [5.74, 6) is -0.577. The molecule has 0 bridgehead atoms. The number of carbonyl (C=O) groups is 2. The summed E-state index contributed by atoms with van der Waals surface area (Å²) in [6, 6.07) is 14.6. The van der Waals surface area contributed by atoms with Crippen LogP contribution in [0.5, 0.6) is 0 Å². The van der Waals surface area contributed by atoms with Gasteiger partial charge in [0.05, 0.1) is 11.3 Å². The molecule has 1 saturated heterocycles. The number of hydrogen-bond acceptors (Lipinski definition) is 4. The van der Waals surface area contributed by atoms with Gasteiger partial charge in [-0.3, -0.25) is 9.59 Å². The Hall–Kier alpha value is -2.63. The fourth-order valence-electron chi connectivity index (χ4n) is 3.93. The summed E-state index contributed by atoms with van der Waals surface area (Å²) < 4.78 is 0. The number of hydrogen-bond donors (Lipinski definition) is 0. The van der Waals surface area contributed by atoms with Crippen LogP contribution in [0.3, 0.4) is 0 Å². The maximum atomic E-state index is 13.5. The molecule has 6 heteroatoms. The molecular formula is C23H24ClN3O2. The number of rotatable bonds is 4. The molecule has 29 heavy (non-hydrogen) atoms. The number of halogens is 1. The van der Waals surface area contributed by atoms with Crippen LogP contribution in [0.4, 0.5) is 5.69 Å². The number of piperazine rings is 1. The first-order valence-corrected chi connectivity index (χ1v) is 10.3. The van der Waals surface area contributed by atoms with E-state index < -0.39 is 0 Å². The molecule has 0 aromatic heterocycles. The second-order valence-corrected chi connectivity index (χ2v) is 7.87. The SMILES string of the molecule is CCN1CCN(C2=C(c3ccc(C)cc3)C(=O)N(c3cccc(Cl)c3)C2=O)CC1. The van der Waals surface area contributed by atoms with E-state index in [4.69, 9.17) is 11.6 Å². The minimum absolute atomic E-state index is 0.280. The van der Waals surface area contributed by atoms with Crippen molar-refractivity contribution in [3.05, 3.63) is 70.4 Å². The van der Waals surface area contributed by atoms with Crippen LogP contribution in [0.25, 0.3) is 5.57 Å². The fraction of sp³-hybridized carbons (Fsp3) is 0.304. The van der Waals surface area contributed by atoms with E-state index in [1.54, 1.807) is 24.3 Å². The molecule has 0 unspecified atom stereocenters. The molecule has 0 atom stereocenters. The average Bonchev–Trinajstić information content (AvgIpc) is 2.99. The monoisotopic (exact) mass is 409 g/mol. The normalized spacial score (nSPS) is 18.2. The topological polar surface area (TPSA) is 43.9 Å². The van der Waals surface area contributed by atoms with E-state index in [1.165, 1.54) is 4.90 Å². The van der Waals surface area contributed by atoms with E-state index in [1.807, 2.05) is 31.2 Å². The lowest BCUT2D eigenvalue weighted by Gasteiger charge is -2.36. The summed E-state index contributed by atoms with van der Waals surface area (Å²) >= 11 is 6.13. The summed E-state index contributed by atoms with van der Waals surface area (Å²) in [5.41, 5.74) is 3.34. The number of benzene rings is 2. The molecule has 2 aromatic carbocycles. The van der Waals surface area contributed by atoms with Crippen molar-refractivity contribution in [1.29, 1.82) is 0 Å². The van der Waals surface area contributed by atoms with Crippen LogP contribution >= 0.6 is 11.6 Å². The molecule has 0 aliphatic carbocycles. The molecule has 0 saturated carbocycles. The highest BCUT2D eigenvalue weighted by Crippen LogP contribution is 2.35. The van der Waals surface area contributed by atoms with Gasteiger partial charge in [-0.15, -0.1) is 0 Å². The lowest BCUT2D eigenvalue weighted by atomic mass is 10.0. The summed E-state index contributed by atoms with van der Waals surface area (Å²) in [6.45, 7) is 8.32. The highest BCUT2D eigenvalue weighted by atomic mass is 35.5.